The predicted octanol–water partition coefficient (Wildman–Crippen LogP) is 5.52. The molecule has 1 rings (SSSR count). The van der Waals surface area contributed by atoms with Crippen molar-refractivity contribution in [1.82, 2.24) is 0 Å². The summed E-state index contributed by atoms with van der Waals surface area (Å²) >= 11 is 11.9. The Balaban J connectivity index is 3.04. The van der Waals surface area contributed by atoms with Crippen molar-refractivity contribution in [2.45, 2.75) is 33.5 Å². The third-order valence-corrected chi connectivity index (χ3v) is 5.17. The Kier molecular flexibility index (Phi) is 7.87. The minimum Gasteiger partial charge on any atom is -0.376 e. The minimum absolute atomic E-state index is 0.156. The Morgan fingerprint density at radius 2 is 1.59 bits per heavy atom. The monoisotopic (exact) mass is 368 g/mol. The first kappa shape index (κ1) is 20.0. The molecule has 0 unspecified atom stereocenters. The maximum Gasteiger partial charge on any atom is 0.363 e. The van der Waals surface area contributed by atoms with Gasteiger partial charge < -0.3 is 14.2 Å². The number of halogens is 2. The molecule has 1 atom stereocenters. The number of hydrogen-bond donors (Lipinski definition) is 1. The highest BCUT2D eigenvalue weighted by Gasteiger charge is 2.37. The Morgan fingerprint density at radius 3 is 2.00 bits per heavy atom. The van der Waals surface area contributed by atoms with Crippen LogP contribution in [0, 0.1) is 11.8 Å². The molecule has 0 aliphatic rings. The molecule has 7 heteroatoms. The van der Waals surface area contributed by atoms with Gasteiger partial charge in [-0.1, -0.05) is 57.0 Å². The fraction of sp³-hybridized carbons (Fsp3) is 0.600. The van der Waals surface area contributed by atoms with Gasteiger partial charge in [-0.3, -0.25) is 4.57 Å². The molecule has 0 aliphatic carbocycles. The average molecular weight is 369 g/mol. The van der Waals surface area contributed by atoms with Gasteiger partial charge in [-0.05, 0) is 24.0 Å². The fourth-order valence-corrected chi connectivity index (χ4v) is 4.09. The lowest BCUT2D eigenvalue weighted by Crippen LogP contribution is -2.12. The van der Waals surface area contributed by atoms with Crippen LogP contribution in [-0.2, 0) is 13.6 Å². The number of rotatable bonds is 8. The van der Waals surface area contributed by atoms with Gasteiger partial charge in [-0.15, -0.1) is 0 Å². The lowest BCUT2D eigenvalue weighted by Gasteiger charge is -2.25. The molecule has 1 N–H and O–H groups in total. The normalized spacial score (nSPS) is 13.9. The van der Waals surface area contributed by atoms with E-state index in [-0.39, 0.29) is 35.6 Å². The van der Waals surface area contributed by atoms with Crippen LogP contribution in [0.15, 0.2) is 18.2 Å². The van der Waals surface area contributed by atoms with Crippen molar-refractivity contribution < 1.29 is 18.7 Å². The van der Waals surface area contributed by atoms with Crippen LogP contribution in [0.1, 0.15) is 39.1 Å². The van der Waals surface area contributed by atoms with Gasteiger partial charge in [0.05, 0.1) is 13.2 Å². The lowest BCUT2D eigenvalue weighted by molar-refractivity contribution is 0.124. The Bertz CT molecular complexity index is 518. The van der Waals surface area contributed by atoms with E-state index in [1.54, 1.807) is 6.07 Å². The summed E-state index contributed by atoms with van der Waals surface area (Å²) in [4.78, 5) is 0. The largest absolute Gasteiger partial charge is 0.376 e. The summed E-state index contributed by atoms with van der Waals surface area (Å²) in [6.07, 6.45) is 0. The topological polar surface area (TPSA) is 55.8 Å². The van der Waals surface area contributed by atoms with Crippen LogP contribution < -0.4 is 0 Å². The average Bonchev–Trinajstić information content (AvgIpc) is 2.42. The Hall–Kier alpha value is -0.0900. The Labute approximate surface area is 142 Å². The highest BCUT2D eigenvalue weighted by Crippen LogP contribution is 2.61. The van der Waals surface area contributed by atoms with Crippen molar-refractivity contribution >= 4 is 30.8 Å². The van der Waals surface area contributed by atoms with Crippen molar-refractivity contribution in [3.63, 3.8) is 0 Å². The molecular weight excluding hydrogens is 346 g/mol. The summed E-state index contributed by atoms with van der Waals surface area (Å²) in [7, 11) is -3.75. The summed E-state index contributed by atoms with van der Waals surface area (Å²) < 4.78 is 23.8. The van der Waals surface area contributed by atoms with Gasteiger partial charge in [-0.2, -0.15) is 0 Å². The molecule has 1 aromatic rings. The van der Waals surface area contributed by atoms with E-state index in [1.165, 1.54) is 12.1 Å². The maximum absolute atomic E-state index is 13.0. The van der Waals surface area contributed by atoms with Crippen molar-refractivity contribution in [3.8, 4) is 0 Å². The van der Waals surface area contributed by atoms with Gasteiger partial charge in [0.15, 0.2) is 5.85 Å². The van der Waals surface area contributed by atoms with Gasteiger partial charge in [0.2, 0.25) is 0 Å². The molecule has 0 bridgehead atoms. The number of aliphatic hydroxyl groups excluding tert-OH is 1. The summed E-state index contributed by atoms with van der Waals surface area (Å²) in [5.74, 6) is -1.14. The number of hydrogen-bond acceptors (Lipinski definition) is 4. The summed E-state index contributed by atoms with van der Waals surface area (Å²) in [6, 6.07) is 4.58. The van der Waals surface area contributed by atoms with E-state index < -0.39 is 13.4 Å². The summed E-state index contributed by atoms with van der Waals surface area (Å²) in [5, 5.41) is 11.2. The van der Waals surface area contributed by atoms with Crippen LogP contribution in [0.3, 0.4) is 0 Å². The van der Waals surface area contributed by atoms with Crippen molar-refractivity contribution in [2.24, 2.45) is 11.8 Å². The molecule has 0 heterocycles. The van der Waals surface area contributed by atoms with Crippen LogP contribution >= 0.6 is 30.8 Å². The van der Waals surface area contributed by atoms with E-state index in [1.807, 2.05) is 27.7 Å². The smallest absolute Gasteiger partial charge is 0.363 e. The van der Waals surface area contributed by atoms with Gasteiger partial charge in [0.25, 0.3) is 0 Å². The second-order valence-corrected chi connectivity index (χ2v) is 8.89. The molecule has 0 aliphatic heterocycles. The standard InChI is InChI=1S/C15H23Cl2O4P/c1-10(2)8-20-22(19,21-9-11(3)4)15(18)13-6-5-12(16)7-14(13)17/h5-7,10-11,15,18H,8-9H2,1-4H3/t15-/m1/s1. The van der Waals surface area contributed by atoms with Crippen molar-refractivity contribution in [2.75, 3.05) is 13.2 Å². The van der Waals surface area contributed by atoms with Crippen LogP contribution in [0.5, 0.6) is 0 Å². The first-order valence-corrected chi connectivity index (χ1v) is 9.54. The zero-order valence-corrected chi connectivity index (χ0v) is 15.7. The molecule has 126 valence electrons. The lowest BCUT2D eigenvalue weighted by atomic mass is 10.2. The first-order valence-electron chi connectivity index (χ1n) is 7.17. The van der Waals surface area contributed by atoms with Crippen LogP contribution in [0.2, 0.25) is 10.0 Å². The van der Waals surface area contributed by atoms with E-state index in [2.05, 4.69) is 0 Å². The van der Waals surface area contributed by atoms with E-state index >= 15 is 0 Å². The molecule has 0 saturated heterocycles. The summed E-state index contributed by atoms with van der Waals surface area (Å²) in [5.41, 5.74) is 0.280. The van der Waals surface area contributed by atoms with E-state index in [9.17, 15) is 9.67 Å². The van der Waals surface area contributed by atoms with Crippen molar-refractivity contribution in [3.05, 3.63) is 33.8 Å². The van der Waals surface area contributed by atoms with Gasteiger partial charge >= 0.3 is 7.60 Å². The second kappa shape index (κ2) is 8.68. The van der Waals surface area contributed by atoms with Gasteiger partial charge in [0.1, 0.15) is 0 Å². The molecule has 0 aromatic heterocycles. The summed E-state index contributed by atoms with van der Waals surface area (Å²) in [6.45, 7) is 8.14. The van der Waals surface area contributed by atoms with Gasteiger partial charge in [-0.25, -0.2) is 0 Å². The maximum atomic E-state index is 13.0. The highest BCUT2D eigenvalue weighted by molar-refractivity contribution is 7.54. The van der Waals surface area contributed by atoms with Crippen molar-refractivity contribution in [1.29, 1.82) is 0 Å². The minimum atomic E-state index is -3.75. The molecule has 0 saturated carbocycles. The van der Waals surface area contributed by atoms with Gasteiger partial charge in [0, 0.05) is 15.6 Å². The first-order chi connectivity index (χ1) is 10.2. The Morgan fingerprint density at radius 1 is 1.09 bits per heavy atom. The fourth-order valence-electron chi connectivity index (χ4n) is 1.57. The predicted molar refractivity (Wildman–Crippen MR) is 90.6 cm³/mol. The van der Waals surface area contributed by atoms with Crippen LogP contribution in [0.25, 0.3) is 0 Å². The molecular formula is C15H23Cl2O4P. The molecule has 0 spiro atoms. The number of benzene rings is 1. The third-order valence-electron chi connectivity index (χ3n) is 2.72. The van der Waals surface area contributed by atoms with Crippen LogP contribution in [0.4, 0.5) is 0 Å². The third kappa shape index (κ3) is 5.84. The molecule has 4 nitrogen and oxygen atoms in total. The molecule has 0 radical (unpaired) electrons. The second-order valence-electron chi connectivity index (χ2n) is 5.96. The molecule has 22 heavy (non-hydrogen) atoms. The SMILES string of the molecule is CC(C)COP(=O)(OCC(C)C)[C@@H](O)c1ccc(Cl)cc1Cl. The van der Waals surface area contributed by atoms with Crippen LogP contribution in [-0.4, -0.2) is 18.3 Å². The highest BCUT2D eigenvalue weighted by atomic mass is 35.5. The van der Waals surface area contributed by atoms with E-state index in [4.69, 9.17) is 32.2 Å². The zero-order valence-electron chi connectivity index (χ0n) is 13.3. The molecule has 1 aromatic carbocycles. The number of aliphatic hydroxyl groups is 1. The molecule has 0 amide bonds. The zero-order chi connectivity index (χ0) is 16.9. The van der Waals surface area contributed by atoms with E-state index in [0.29, 0.717) is 5.02 Å². The quantitative estimate of drug-likeness (QED) is 0.613. The van der Waals surface area contributed by atoms with E-state index in [0.717, 1.165) is 0 Å². The molecule has 0 fully saturated rings.